The Morgan fingerprint density at radius 3 is 2.62 bits per heavy atom. The monoisotopic (exact) mass is 406 g/mol. The summed E-state index contributed by atoms with van der Waals surface area (Å²) in [5, 5.41) is 0. The first-order chi connectivity index (χ1) is 14.0. The molecule has 0 bridgehead atoms. The topological polar surface area (TPSA) is 35.5 Å². The van der Waals surface area contributed by atoms with Crippen molar-refractivity contribution in [1.29, 1.82) is 0 Å². The van der Waals surface area contributed by atoms with Crippen LogP contribution in [-0.2, 0) is 13.0 Å². The summed E-state index contributed by atoms with van der Waals surface area (Å²) in [6, 6.07) is 15.8. The van der Waals surface area contributed by atoms with Gasteiger partial charge in [0.15, 0.2) is 5.78 Å². The molecule has 0 saturated carbocycles. The maximum absolute atomic E-state index is 12.4. The van der Waals surface area contributed by atoms with Crippen LogP contribution in [0.25, 0.3) is 6.08 Å². The van der Waals surface area contributed by atoms with Gasteiger partial charge in [-0.3, -0.25) is 4.79 Å². The van der Waals surface area contributed by atoms with Crippen LogP contribution in [0.5, 0.6) is 11.5 Å². The van der Waals surface area contributed by atoms with Crippen molar-refractivity contribution in [2.24, 2.45) is 0 Å². The number of ketones is 1. The summed E-state index contributed by atoms with van der Waals surface area (Å²) < 4.78 is 11.5. The quantitative estimate of drug-likeness (QED) is 0.320. The number of thiophene rings is 1. The Bertz CT molecular complexity index is 1030. The van der Waals surface area contributed by atoms with E-state index in [9.17, 15) is 4.79 Å². The van der Waals surface area contributed by atoms with Gasteiger partial charge in [-0.05, 0) is 73.4 Å². The van der Waals surface area contributed by atoms with E-state index in [0.717, 1.165) is 39.5 Å². The van der Waals surface area contributed by atoms with Crippen molar-refractivity contribution in [1.82, 2.24) is 0 Å². The number of allylic oxidation sites excluding steroid dienone is 1. The highest BCUT2D eigenvalue weighted by molar-refractivity contribution is 7.14. The zero-order valence-electron chi connectivity index (χ0n) is 17.3. The molecule has 150 valence electrons. The van der Waals surface area contributed by atoms with Crippen LogP contribution in [0.3, 0.4) is 0 Å². The SMILES string of the molecule is CCc1ccc(C(=O)/C=C/c2ccc(OC)c(COc3cccc(C)c3C)c2)s1. The Balaban J connectivity index is 1.75. The van der Waals surface area contributed by atoms with Gasteiger partial charge in [0.05, 0.1) is 12.0 Å². The highest BCUT2D eigenvalue weighted by atomic mass is 32.1. The molecule has 3 nitrogen and oxygen atoms in total. The molecule has 0 fully saturated rings. The normalized spacial score (nSPS) is 11.0. The Hall–Kier alpha value is -2.85. The van der Waals surface area contributed by atoms with Gasteiger partial charge in [0.25, 0.3) is 0 Å². The molecule has 1 aromatic heterocycles. The predicted molar refractivity (Wildman–Crippen MR) is 120 cm³/mol. The number of aryl methyl sites for hydroxylation is 2. The Labute approximate surface area is 176 Å². The van der Waals surface area contributed by atoms with E-state index in [4.69, 9.17) is 9.47 Å². The Morgan fingerprint density at radius 2 is 1.90 bits per heavy atom. The van der Waals surface area contributed by atoms with Gasteiger partial charge in [0, 0.05) is 10.4 Å². The fraction of sp³-hybridized carbons (Fsp3) is 0.240. The number of rotatable bonds is 8. The van der Waals surface area contributed by atoms with Crippen molar-refractivity contribution >= 4 is 23.2 Å². The average molecular weight is 407 g/mol. The number of carbonyl (C=O) groups excluding carboxylic acids is 1. The molecule has 0 spiro atoms. The molecule has 3 rings (SSSR count). The predicted octanol–water partition coefficient (Wildman–Crippen LogP) is 6.41. The van der Waals surface area contributed by atoms with Crippen molar-refractivity contribution < 1.29 is 14.3 Å². The van der Waals surface area contributed by atoms with Crippen LogP contribution in [0.15, 0.2) is 54.6 Å². The van der Waals surface area contributed by atoms with Crippen LogP contribution in [0.2, 0.25) is 0 Å². The number of benzene rings is 2. The fourth-order valence-electron chi connectivity index (χ4n) is 3.01. The number of hydrogen-bond acceptors (Lipinski definition) is 4. The van der Waals surface area contributed by atoms with Crippen LogP contribution in [0, 0.1) is 13.8 Å². The lowest BCUT2D eigenvalue weighted by Gasteiger charge is -2.13. The van der Waals surface area contributed by atoms with Crippen LogP contribution in [-0.4, -0.2) is 12.9 Å². The van der Waals surface area contributed by atoms with E-state index >= 15 is 0 Å². The molecule has 3 aromatic rings. The summed E-state index contributed by atoms with van der Waals surface area (Å²) in [5.74, 6) is 1.66. The van der Waals surface area contributed by atoms with Gasteiger partial charge >= 0.3 is 0 Å². The second kappa shape index (κ2) is 9.57. The standard InChI is InChI=1S/C25H26O3S/c1-5-21-11-14-25(29-21)22(26)12-9-19-10-13-24(27-4)20(15-19)16-28-23-8-6-7-17(2)18(23)3/h6-15H,5,16H2,1-4H3/b12-9+. The molecule has 0 aliphatic rings. The lowest BCUT2D eigenvalue weighted by molar-refractivity contribution is 0.105. The number of methoxy groups -OCH3 is 1. The van der Waals surface area contributed by atoms with Crippen molar-refractivity contribution in [2.75, 3.05) is 7.11 Å². The summed E-state index contributed by atoms with van der Waals surface area (Å²) in [7, 11) is 1.65. The van der Waals surface area contributed by atoms with E-state index in [1.54, 1.807) is 24.5 Å². The lowest BCUT2D eigenvalue weighted by atomic mass is 10.1. The molecule has 0 aliphatic carbocycles. The second-order valence-corrected chi connectivity index (χ2v) is 8.04. The summed E-state index contributed by atoms with van der Waals surface area (Å²) in [6.07, 6.45) is 4.42. The van der Waals surface area contributed by atoms with Crippen molar-refractivity contribution in [3.8, 4) is 11.5 Å². The van der Waals surface area contributed by atoms with Crippen LogP contribution in [0.4, 0.5) is 0 Å². The third-order valence-corrected chi connectivity index (χ3v) is 6.17. The highest BCUT2D eigenvalue weighted by Gasteiger charge is 2.09. The van der Waals surface area contributed by atoms with Gasteiger partial charge < -0.3 is 9.47 Å². The first kappa shape index (κ1) is 20.9. The van der Waals surface area contributed by atoms with Gasteiger partial charge in [0.1, 0.15) is 18.1 Å². The zero-order chi connectivity index (χ0) is 20.8. The molecule has 29 heavy (non-hydrogen) atoms. The van der Waals surface area contributed by atoms with Gasteiger partial charge in [-0.2, -0.15) is 0 Å². The summed E-state index contributed by atoms with van der Waals surface area (Å²) in [5.41, 5.74) is 4.21. The second-order valence-electron chi connectivity index (χ2n) is 6.88. The summed E-state index contributed by atoms with van der Waals surface area (Å²) in [4.78, 5) is 14.4. The number of hydrogen-bond donors (Lipinski definition) is 0. The molecule has 0 saturated heterocycles. The molecule has 0 atom stereocenters. The molecule has 0 radical (unpaired) electrons. The van der Waals surface area contributed by atoms with Crippen molar-refractivity contribution in [2.45, 2.75) is 33.8 Å². The maximum atomic E-state index is 12.4. The summed E-state index contributed by atoms with van der Waals surface area (Å²) >= 11 is 1.55. The Kier molecular flexibility index (Phi) is 6.89. The van der Waals surface area contributed by atoms with Crippen LogP contribution in [0.1, 0.15) is 43.7 Å². The lowest BCUT2D eigenvalue weighted by Crippen LogP contribution is -2.01. The van der Waals surface area contributed by atoms with Gasteiger partial charge in [-0.1, -0.05) is 31.2 Å². The number of carbonyl (C=O) groups is 1. The van der Waals surface area contributed by atoms with Crippen molar-refractivity contribution in [3.63, 3.8) is 0 Å². The molecule has 0 amide bonds. The molecule has 0 unspecified atom stereocenters. The minimum absolute atomic E-state index is 0.0266. The van der Waals surface area contributed by atoms with E-state index in [0.29, 0.717) is 6.61 Å². The molecular weight excluding hydrogens is 380 g/mol. The molecule has 2 aromatic carbocycles. The van der Waals surface area contributed by atoms with Crippen LogP contribution < -0.4 is 9.47 Å². The van der Waals surface area contributed by atoms with E-state index in [2.05, 4.69) is 26.8 Å². The van der Waals surface area contributed by atoms with E-state index in [1.165, 1.54) is 10.4 Å². The zero-order valence-corrected chi connectivity index (χ0v) is 18.1. The Morgan fingerprint density at radius 1 is 1.07 bits per heavy atom. The van der Waals surface area contributed by atoms with Gasteiger partial charge in [-0.25, -0.2) is 0 Å². The van der Waals surface area contributed by atoms with E-state index < -0.39 is 0 Å². The average Bonchev–Trinajstić information content (AvgIpc) is 3.22. The fourth-order valence-corrected chi connectivity index (χ4v) is 3.87. The highest BCUT2D eigenvalue weighted by Crippen LogP contribution is 2.26. The first-order valence-electron chi connectivity index (χ1n) is 9.69. The molecular formula is C25H26O3S. The smallest absolute Gasteiger partial charge is 0.195 e. The van der Waals surface area contributed by atoms with Gasteiger partial charge in [0.2, 0.25) is 0 Å². The third kappa shape index (κ3) is 5.15. The van der Waals surface area contributed by atoms with E-state index in [1.807, 2.05) is 48.5 Å². The number of ether oxygens (including phenoxy) is 2. The molecule has 1 heterocycles. The largest absolute Gasteiger partial charge is 0.496 e. The van der Waals surface area contributed by atoms with E-state index in [-0.39, 0.29) is 5.78 Å². The maximum Gasteiger partial charge on any atom is 0.195 e. The van der Waals surface area contributed by atoms with Gasteiger partial charge in [-0.15, -0.1) is 11.3 Å². The summed E-state index contributed by atoms with van der Waals surface area (Å²) in [6.45, 7) is 6.62. The minimum Gasteiger partial charge on any atom is -0.496 e. The molecule has 0 N–H and O–H groups in total. The molecule has 0 aliphatic heterocycles. The minimum atomic E-state index is 0.0266. The first-order valence-corrected chi connectivity index (χ1v) is 10.5. The van der Waals surface area contributed by atoms with Crippen LogP contribution >= 0.6 is 11.3 Å². The molecule has 4 heteroatoms. The van der Waals surface area contributed by atoms with Crippen molar-refractivity contribution in [3.05, 3.63) is 86.6 Å². The third-order valence-electron chi connectivity index (χ3n) is 4.92.